The predicted molar refractivity (Wildman–Crippen MR) is 122 cm³/mol. The Bertz CT molecular complexity index is 1350. The predicted octanol–water partition coefficient (Wildman–Crippen LogP) is 3.78. The lowest BCUT2D eigenvalue weighted by molar-refractivity contribution is -0.123. The van der Waals surface area contributed by atoms with Gasteiger partial charge in [0, 0.05) is 24.2 Å². The standard InChI is InChI=1S/C25H21N3O4/c1-16(23(29)27-18-11-8-14-26-15-18)32-25(31)22-21(17-9-4-3-5-10-17)19-12-6-7-13-20(19)24(30)28(22)2/h3-16H,1-2H3,(H,27,29). The number of esters is 1. The Morgan fingerprint density at radius 3 is 2.34 bits per heavy atom. The summed E-state index contributed by atoms with van der Waals surface area (Å²) < 4.78 is 6.76. The number of nitrogens with one attached hydrogen (secondary N) is 1. The fourth-order valence-corrected chi connectivity index (χ4v) is 3.55. The molecule has 2 aromatic heterocycles. The average Bonchev–Trinajstić information content (AvgIpc) is 2.82. The molecule has 0 radical (unpaired) electrons. The smallest absolute Gasteiger partial charge is 0.356 e. The van der Waals surface area contributed by atoms with Crippen LogP contribution in [-0.4, -0.2) is 27.5 Å². The number of hydrogen-bond donors (Lipinski definition) is 1. The topological polar surface area (TPSA) is 90.3 Å². The lowest BCUT2D eigenvalue weighted by Crippen LogP contribution is -2.32. The summed E-state index contributed by atoms with van der Waals surface area (Å²) in [5.41, 5.74) is 1.59. The van der Waals surface area contributed by atoms with E-state index in [1.165, 1.54) is 24.7 Å². The van der Waals surface area contributed by atoms with Crippen molar-refractivity contribution in [3.8, 4) is 11.1 Å². The molecule has 0 fully saturated rings. The third-order valence-corrected chi connectivity index (χ3v) is 5.14. The molecule has 0 aliphatic carbocycles. The van der Waals surface area contributed by atoms with E-state index in [9.17, 15) is 14.4 Å². The molecule has 1 amide bonds. The Labute approximate surface area is 184 Å². The molecule has 1 N–H and O–H groups in total. The van der Waals surface area contributed by atoms with Crippen molar-refractivity contribution in [1.82, 2.24) is 9.55 Å². The molecule has 4 rings (SSSR count). The zero-order valence-corrected chi connectivity index (χ0v) is 17.6. The van der Waals surface area contributed by atoms with Crippen molar-refractivity contribution < 1.29 is 14.3 Å². The van der Waals surface area contributed by atoms with Crippen molar-refractivity contribution >= 4 is 28.3 Å². The number of ether oxygens (including phenoxy) is 1. The largest absolute Gasteiger partial charge is 0.448 e. The van der Waals surface area contributed by atoms with Crippen LogP contribution in [0.15, 0.2) is 83.9 Å². The monoisotopic (exact) mass is 427 g/mol. The molecule has 0 aliphatic heterocycles. The van der Waals surface area contributed by atoms with E-state index in [2.05, 4.69) is 10.3 Å². The molecule has 2 heterocycles. The van der Waals surface area contributed by atoms with E-state index < -0.39 is 18.0 Å². The van der Waals surface area contributed by atoms with Gasteiger partial charge in [-0.15, -0.1) is 0 Å². The SMILES string of the molecule is CC(OC(=O)c1c(-c2ccccc2)c2ccccc2c(=O)n1C)C(=O)Nc1cccnc1. The minimum atomic E-state index is -1.09. The van der Waals surface area contributed by atoms with Crippen molar-refractivity contribution in [2.24, 2.45) is 7.05 Å². The van der Waals surface area contributed by atoms with E-state index in [1.807, 2.05) is 36.4 Å². The van der Waals surface area contributed by atoms with Crippen molar-refractivity contribution in [1.29, 1.82) is 0 Å². The lowest BCUT2D eigenvalue weighted by Gasteiger charge is -2.19. The maximum Gasteiger partial charge on any atom is 0.356 e. The Hall–Kier alpha value is -4.26. The summed E-state index contributed by atoms with van der Waals surface area (Å²) in [6.07, 6.45) is 1.99. The number of benzene rings is 2. The highest BCUT2D eigenvalue weighted by molar-refractivity contribution is 6.07. The van der Waals surface area contributed by atoms with Gasteiger partial charge >= 0.3 is 5.97 Å². The van der Waals surface area contributed by atoms with E-state index >= 15 is 0 Å². The number of nitrogens with zero attached hydrogens (tertiary/aromatic N) is 2. The Morgan fingerprint density at radius 2 is 1.66 bits per heavy atom. The van der Waals surface area contributed by atoms with Gasteiger partial charge in [-0.2, -0.15) is 0 Å². The van der Waals surface area contributed by atoms with Crippen LogP contribution in [0, 0.1) is 0 Å². The van der Waals surface area contributed by atoms with Gasteiger partial charge in [0.05, 0.1) is 11.9 Å². The zero-order valence-electron chi connectivity index (χ0n) is 17.6. The third kappa shape index (κ3) is 4.00. The number of hydrogen-bond acceptors (Lipinski definition) is 5. The first-order chi connectivity index (χ1) is 15.5. The van der Waals surface area contributed by atoms with Crippen molar-refractivity contribution in [2.75, 3.05) is 5.32 Å². The van der Waals surface area contributed by atoms with Crippen LogP contribution in [-0.2, 0) is 16.6 Å². The molecule has 0 saturated carbocycles. The Morgan fingerprint density at radius 1 is 0.969 bits per heavy atom. The van der Waals surface area contributed by atoms with Crippen molar-refractivity contribution in [3.63, 3.8) is 0 Å². The first-order valence-corrected chi connectivity index (χ1v) is 10.1. The summed E-state index contributed by atoms with van der Waals surface area (Å²) in [5.74, 6) is -1.26. The van der Waals surface area contributed by atoms with Crippen LogP contribution in [0.4, 0.5) is 5.69 Å². The first kappa shape index (κ1) is 21.0. The highest BCUT2D eigenvalue weighted by Gasteiger charge is 2.26. The number of aromatic nitrogens is 2. The Balaban J connectivity index is 1.75. The average molecular weight is 427 g/mol. The van der Waals surface area contributed by atoms with Gasteiger partial charge in [-0.05, 0) is 36.1 Å². The number of fused-ring (bicyclic) bond motifs is 1. The van der Waals surface area contributed by atoms with Gasteiger partial charge in [0.15, 0.2) is 6.10 Å². The number of carbonyl (C=O) groups excluding carboxylic acids is 2. The molecule has 4 aromatic rings. The van der Waals surface area contributed by atoms with Crippen LogP contribution < -0.4 is 10.9 Å². The normalized spacial score (nSPS) is 11.7. The second-order valence-corrected chi connectivity index (χ2v) is 7.28. The quantitative estimate of drug-likeness (QED) is 0.490. The van der Waals surface area contributed by atoms with Crippen LogP contribution >= 0.6 is 0 Å². The van der Waals surface area contributed by atoms with Gasteiger partial charge in [-0.1, -0.05) is 48.5 Å². The van der Waals surface area contributed by atoms with Crippen LogP contribution in [0.2, 0.25) is 0 Å². The van der Waals surface area contributed by atoms with Crippen LogP contribution in [0.5, 0.6) is 0 Å². The number of pyridine rings is 2. The van der Waals surface area contributed by atoms with E-state index in [0.717, 1.165) is 5.56 Å². The second kappa shape index (κ2) is 8.85. The van der Waals surface area contributed by atoms with Gasteiger partial charge in [0.1, 0.15) is 5.69 Å². The minimum absolute atomic E-state index is 0.0842. The van der Waals surface area contributed by atoms with Gasteiger partial charge in [-0.3, -0.25) is 14.6 Å². The molecule has 0 saturated heterocycles. The van der Waals surface area contributed by atoms with Crippen LogP contribution in [0.3, 0.4) is 0 Å². The maximum atomic E-state index is 13.2. The highest BCUT2D eigenvalue weighted by atomic mass is 16.5. The van der Waals surface area contributed by atoms with Crippen molar-refractivity contribution in [3.05, 3.63) is 95.2 Å². The molecular formula is C25H21N3O4. The third-order valence-electron chi connectivity index (χ3n) is 5.14. The molecular weight excluding hydrogens is 406 g/mol. The number of amides is 1. The molecule has 0 spiro atoms. The van der Waals surface area contributed by atoms with Crippen LogP contribution in [0.25, 0.3) is 21.9 Å². The number of carbonyl (C=O) groups is 2. The summed E-state index contributed by atoms with van der Waals surface area (Å²) in [6.45, 7) is 1.48. The van der Waals surface area contributed by atoms with Gasteiger partial charge < -0.3 is 14.6 Å². The molecule has 0 bridgehead atoms. The number of anilines is 1. The van der Waals surface area contributed by atoms with E-state index in [4.69, 9.17) is 4.74 Å². The summed E-state index contributed by atoms with van der Waals surface area (Å²) in [4.78, 5) is 42.7. The fraction of sp³-hybridized carbons (Fsp3) is 0.120. The maximum absolute atomic E-state index is 13.2. The van der Waals surface area contributed by atoms with E-state index in [-0.39, 0.29) is 11.3 Å². The van der Waals surface area contributed by atoms with Gasteiger partial charge in [0.2, 0.25) is 0 Å². The molecule has 1 unspecified atom stereocenters. The molecule has 1 atom stereocenters. The summed E-state index contributed by atoms with van der Waals surface area (Å²) in [6, 6.07) is 19.8. The summed E-state index contributed by atoms with van der Waals surface area (Å²) in [5, 5.41) is 3.79. The molecule has 2 aromatic carbocycles. The zero-order chi connectivity index (χ0) is 22.7. The van der Waals surface area contributed by atoms with E-state index in [0.29, 0.717) is 22.0 Å². The van der Waals surface area contributed by atoms with E-state index in [1.54, 1.807) is 36.5 Å². The molecule has 0 aliphatic rings. The molecule has 160 valence electrons. The molecule has 7 nitrogen and oxygen atoms in total. The molecule has 7 heteroatoms. The van der Waals surface area contributed by atoms with Crippen LogP contribution in [0.1, 0.15) is 17.4 Å². The minimum Gasteiger partial charge on any atom is -0.448 e. The number of rotatable bonds is 5. The first-order valence-electron chi connectivity index (χ1n) is 10.1. The fourth-order valence-electron chi connectivity index (χ4n) is 3.55. The highest BCUT2D eigenvalue weighted by Crippen LogP contribution is 2.31. The Kier molecular flexibility index (Phi) is 5.81. The molecule has 32 heavy (non-hydrogen) atoms. The summed E-state index contributed by atoms with van der Waals surface area (Å²) in [7, 11) is 1.53. The van der Waals surface area contributed by atoms with Crippen molar-refractivity contribution in [2.45, 2.75) is 13.0 Å². The lowest BCUT2D eigenvalue weighted by atomic mass is 9.97. The van der Waals surface area contributed by atoms with Gasteiger partial charge in [-0.25, -0.2) is 4.79 Å². The van der Waals surface area contributed by atoms with Gasteiger partial charge in [0.25, 0.3) is 11.5 Å². The summed E-state index contributed by atoms with van der Waals surface area (Å²) >= 11 is 0. The second-order valence-electron chi connectivity index (χ2n) is 7.28.